The van der Waals surface area contributed by atoms with Crippen molar-refractivity contribution in [2.45, 2.75) is 50.3 Å². The summed E-state index contributed by atoms with van der Waals surface area (Å²) in [6, 6.07) is 0.407. The van der Waals surface area contributed by atoms with Crippen molar-refractivity contribution >= 4 is 11.9 Å². The van der Waals surface area contributed by atoms with Gasteiger partial charge in [-0.2, -0.15) is 5.10 Å². The van der Waals surface area contributed by atoms with Crippen LogP contribution in [0.1, 0.15) is 32.1 Å². The molecule has 3 fully saturated rings. The molecule has 4 rings (SSSR count). The number of hydrogen-bond donors (Lipinski definition) is 1. The van der Waals surface area contributed by atoms with E-state index in [-0.39, 0.29) is 30.6 Å². The molecule has 1 N–H and O–H groups in total. The summed E-state index contributed by atoms with van der Waals surface area (Å²) in [7, 11) is 1.85. The Hall–Kier alpha value is -2.25. The number of urea groups is 1. The van der Waals surface area contributed by atoms with E-state index < -0.39 is 0 Å². The highest BCUT2D eigenvalue weighted by Crippen LogP contribution is 2.30. The van der Waals surface area contributed by atoms with Crippen LogP contribution >= 0.6 is 0 Å². The molecule has 0 aromatic carbocycles. The van der Waals surface area contributed by atoms with Crippen molar-refractivity contribution in [2.75, 3.05) is 19.6 Å². The normalized spacial score (nSPS) is 26.4. The Bertz CT molecular complexity index is 656. The lowest BCUT2D eigenvalue weighted by molar-refractivity contribution is -0.122. The van der Waals surface area contributed by atoms with Crippen LogP contribution in [0.4, 0.5) is 4.79 Å². The largest absolute Gasteiger partial charge is 0.485 e. The molecule has 2 saturated carbocycles. The number of carbonyl (C=O) groups excluding carboxylic acids is 2. The fourth-order valence-electron chi connectivity index (χ4n) is 3.77. The Kier molecular flexibility index (Phi) is 4.27. The van der Waals surface area contributed by atoms with Crippen LogP contribution in [-0.4, -0.2) is 69.3 Å². The first-order valence-corrected chi connectivity index (χ1v) is 9.10. The Morgan fingerprint density at radius 3 is 2.88 bits per heavy atom. The van der Waals surface area contributed by atoms with Crippen molar-refractivity contribution in [2.24, 2.45) is 7.05 Å². The van der Waals surface area contributed by atoms with Gasteiger partial charge in [0.1, 0.15) is 12.6 Å². The Balaban J connectivity index is 1.28. The van der Waals surface area contributed by atoms with Gasteiger partial charge in [-0.15, -0.1) is 0 Å². The molecule has 0 bridgehead atoms. The Morgan fingerprint density at radius 1 is 1.32 bits per heavy atom. The number of aryl methyl sites for hydroxylation is 1. The van der Waals surface area contributed by atoms with E-state index in [9.17, 15) is 9.59 Å². The molecule has 2 aliphatic carbocycles. The SMILES string of the molecule is Cn1cc(O[C@@H]2CCC[C@@H]2NC(=O)CN2CCN(C3CC3)C2=O)cn1. The maximum Gasteiger partial charge on any atom is 0.320 e. The van der Waals surface area contributed by atoms with E-state index in [2.05, 4.69) is 10.4 Å². The summed E-state index contributed by atoms with van der Waals surface area (Å²) in [4.78, 5) is 28.3. The van der Waals surface area contributed by atoms with E-state index in [1.54, 1.807) is 15.8 Å². The van der Waals surface area contributed by atoms with Crippen LogP contribution in [0.2, 0.25) is 0 Å². The predicted octanol–water partition coefficient (Wildman–Crippen LogP) is 0.736. The highest BCUT2D eigenvalue weighted by atomic mass is 16.5. The minimum Gasteiger partial charge on any atom is -0.485 e. The molecule has 0 radical (unpaired) electrons. The van der Waals surface area contributed by atoms with Gasteiger partial charge in [0.25, 0.3) is 0 Å². The molecule has 136 valence electrons. The van der Waals surface area contributed by atoms with Crippen molar-refractivity contribution in [3.63, 3.8) is 0 Å². The molecule has 1 aromatic heterocycles. The molecule has 8 nitrogen and oxygen atoms in total. The number of carbonyl (C=O) groups is 2. The molecular formula is C17H25N5O3. The molecule has 3 amide bonds. The highest BCUT2D eigenvalue weighted by Gasteiger charge is 2.40. The molecular weight excluding hydrogens is 322 g/mol. The van der Waals surface area contributed by atoms with Gasteiger partial charge < -0.3 is 19.9 Å². The second kappa shape index (κ2) is 6.57. The fraction of sp³-hybridized carbons (Fsp3) is 0.706. The molecule has 2 atom stereocenters. The van der Waals surface area contributed by atoms with Gasteiger partial charge >= 0.3 is 6.03 Å². The minimum atomic E-state index is -0.0994. The molecule has 1 aliphatic heterocycles. The summed E-state index contributed by atoms with van der Waals surface area (Å²) in [5.41, 5.74) is 0. The average molecular weight is 347 g/mol. The van der Waals surface area contributed by atoms with E-state index in [4.69, 9.17) is 4.74 Å². The van der Waals surface area contributed by atoms with Gasteiger partial charge in [0.15, 0.2) is 5.75 Å². The first kappa shape index (κ1) is 16.2. The van der Waals surface area contributed by atoms with Gasteiger partial charge in [-0.1, -0.05) is 0 Å². The van der Waals surface area contributed by atoms with E-state index in [0.717, 1.165) is 44.4 Å². The smallest absolute Gasteiger partial charge is 0.320 e. The van der Waals surface area contributed by atoms with Crippen molar-refractivity contribution in [3.05, 3.63) is 12.4 Å². The number of rotatable bonds is 6. The molecule has 1 saturated heterocycles. The van der Waals surface area contributed by atoms with E-state index in [0.29, 0.717) is 12.6 Å². The summed E-state index contributed by atoms with van der Waals surface area (Å²) in [6.07, 6.45) is 8.51. The van der Waals surface area contributed by atoms with Gasteiger partial charge in [0.2, 0.25) is 5.91 Å². The van der Waals surface area contributed by atoms with E-state index in [1.165, 1.54) is 0 Å². The lowest BCUT2D eigenvalue weighted by Gasteiger charge is -2.23. The first-order chi connectivity index (χ1) is 12.1. The third-order valence-electron chi connectivity index (χ3n) is 5.22. The van der Waals surface area contributed by atoms with Crippen LogP contribution in [0.3, 0.4) is 0 Å². The van der Waals surface area contributed by atoms with E-state index >= 15 is 0 Å². The van der Waals surface area contributed by atoms with Crippen molar-refractivity contribution in [1.29, 1.82) is 0 Å². The summed E-state index contributed by atoms with van der Waals surface area (Å²) in [6.45, 7) is 1.52. The molecule has 2 heterocycles. The first-order valence-electron chi connectivity index (χ1n) is 9.10. The van der Waals surface area contributed by atoms with Gasteiger partial charge in [0, 0.05) is 26.2 Å². The second-order valence-corrected chi connectivity index (χ2v) is 7.24. The lowest BCUT2D eigenvalue weighted by Crippen LogP contribution is -2.47. The number of nitrogens with zero attached hydrogens (tertiary/aromatic N) is 4. The van der Waals surface area contributed by atoms with Crippen LogP contribution in [0, 0.1) is 0 Å². The zero-order valence-electron chi connectivity index (χ0n) is 14.6. The molecule has 8 heteroatoms. The third-order valence-corrected chi connectivity index (χ3v) is 5.22. The summed E-state index contributed by atoms with van der Waals surface area (Å²) in [5.74, 6) is 0.626. The number of ether oxygens (including phenoxy) is 1. The Labute approximate surface area is 147 Å². The Morgan fingerprint density at radius 2 is 2.16 bits per heavy atom. The van der Waals surface area contributed by atoms with Crippen LogP contribution in [0.5, 0.6) is 5.75 Å². The fourth-order valence-corrected chi connectivity index (χ4v) is 3.77. The van der Waals surface area contributed by atoms with Crippen LogP contribution in [0.25, 0.3) is 0 Å². The van der Waals surface area contributed by atoms with Crippen LogP contribution in [-0.2, 0) is 11.8 Å². The van der Waals surface area contributed by atoms with Crippen molar-refractivity contribution in [3.8, 4) is 5.75 Å². The highest BCUT2D eigenvalue weighted by molar-refractivity contribution is 5.85. The van der Waals surface area contributed by atoms with Crippen LogP contribution in [0.15, 0.2) is 12.4 Å². The van der Waals surface area contributed by atoms with Gasteiger partial charge in [-0.05, 0) is 32.1 Å². The van der Waals surface area contributed by atoms with Crippen molar-refractivity contribution < 1.29 is 14.3 Å². The monoisotopic (exact) mass is 347 g/mol. The maximum atomic E-state index is 12.4. The third kappa shape index (κ3) is 3.57. The lowest BCUT2D eigenvalue weighted by atomic mass is 10.2. The standard InChI is InChI=1S/C17H25N5O3/c1-20-10-13(9-18-20)25-15-4-2-3-14(15)19-16(23)11-21-7-8-22(17(21)24)12-5-6-12/h9-10,12,14-15H,2-8,11H2,1H3,(H,19,23)/t14-,15+/m0/s1. The topological polar surface area (TPSA) is 79.7 Å². The number of hydrogen-bond acceptors (Lipinski definition) is 4. The molecule has 25 heavy (non-hydrogen) atoms. The average Bonchev–Trinajstić information content (AvgIpc) is 3.04. The minimum absolute atomic E-state index is 0.00670. The van der Waals surface area contributed by atoms with Gasteiger partial charge in [-0.3, -0.25) is 9.48 Å². The number of amides is 3. The summed E-state index contributed by atoms with van der Waals surface area (Å²) in [5, 5.41) is 7.16. The summed E-state index contributed by atoms with van der Waals surface area (Å²) >= 11 is 0. The zero-order chi connectivity index (χ0) is 17.4. The number of nitrogens with one attached hydrogen (secondary N) is 1. The molecule has 0 spiro atoms. The number of aromatic nitrogens is 2. The van der Waals surface area contributed by atoms with E-state index in [1.807, 2.05) is 18.1 Å². The summed E-state index contributed by atoms with van der Waals surface area (Å²) < 4.78 is 7.67. The maximum absolute atomic E-state index is 12.4. The predicted molar refractivity (Wildman–Crippen MR) is 90.1 cm³/mol. The molecule has 0 unspecified atom stereocenters. The van der Waals surface area contributed by atoms with Crippen LogP contribution < -0.4 is 10.1 Å². The molecule has 1 aromatic rings. The molecule has 3 aliphatic rings. The van der Waals surface area contributed by atoms with Gasteiger partial charge in [0.05, 0.1) is 18.4 Å². The quantitative estimate of drug-likeness (QED) is 0.823. The van der Waals surface area contributed by atoms with Crippen molar-refractivity contribution in [1.82, 2.24) is 24.9 Å². The second-order valence-electron chi connectivity index (χ2n) is 7.24. The zero-order valence-corrected chi connectivity index (χ0v) is 14.6. The van der Waals surface area contributed by atoms with Gasteiger partial charge in [-0.25, -0.2) is 4.79 Å².